The number of ether oxygens (including phenoxy) is 3. The molecule has 0 aromatic heterocycles. The average Bonchev–Trinajstić information content (AvgIpc) is 2.67. The summed E-state index contributed by atoms with van der Waals surface area (Å²) in [5.74, 6) is 0.439. The molecule has 0 aliphatic rings. The molecule has 0 saturated carbocycles. The van der Waals surface area contributed by atoms with Gasteiger partial charge in [-0.15, -0.1) is 0 Å². The minimum absolute atomic E-state index is 0.164. The van der Waals surface area contributed by atoms with E-state index in [1.807, 2.05) is 31.2 Å². The van der Waals surface area contributed by atoms with Crippen molar-refractivity contribution >= 4 is 17.6 Å². The highest BCUT2D eigenvalue weighted by Gasteiger charge is 2.18. The Morgan fingerprint density at radius 2 is 1.67 bits per heavy atom. The number of hydrogen-bond donors (Lipinski definition) is 1. The zero-order valence-corrected chi connectivity index (χ0v) is 16.1. The van der Waals surface area contributed by atoms with Crippen LogP contribution in [0.1, 0.15) is 24.5 Å². The van der Waals surface area contributed by atoms with Crippen molar-refractivity contribution in [3.8, 4) is 11.5 Å². The molecule has 0 bridgehead atoms. The molecule has 1 atom stereocenters. The number of aryl methyl sites for hydroxylation is 2. The Labute approximate surface area is 159 Å². The normalized spacial score (nSPS) is 11.4. The fraction of sp³-hybridized carbons (Fsp3) is 0.333. The van der Waals surface area contributed by atoms with E-state index in [0.717, 1.165) is 11.1 Å². The Hall–Kier alpha value is -3.02. The van der Waals surface area contributed by atoms with E-state index in [1.165, 1.54) is 0 Å². The maximum atomic E-state index is 12.1. The summed E-state index contributed by atoms with van der Waals surface area (Å²) < 4.78 is 15.7. The first-order valence-corrected chi connectivity index (χ1v) is 8.71. The third-order valence-electron chi connectivity index (χ3n) is 4.06. The van der Waals surface area contributed by atoms with Gasteiger partial charge in [0.15, 0.2) is 17.6 Å². The molecule has 2 aromatic carbocycles. The van der Waals surface area contributed by atoms with Gasteiger partial charge >= 0.3 is 5.97 Å². The van der Waals surface area contributed by atoms with Gasteiger partial charge in [-0.1, -0.05) is 23.8 Å². The first-order valence-electron chi connectivity index (χ1n) is 8.71. The van der Waals surface area contributed by atoms with Crippen LogP contribution in [-0.2, 0) is 20.7 Å². The van der Waals surface area contributed by atoms with Crippen LogP contribution in [0.4, 0.5) is 5.69 Å². The smallest absolute Gasteiger partial charge is 0.306 e. The minimum Gasteiger partial charge on any atom is -0.493 e. The van der Waals surface area contributed by atoms with Gasteiger partial charge in [0.05, 0.1) is 14.2 Å². The molecule has 1 amide bonds. The molecule has 2 aromatic rings. The third kappa shape index (κ3) is 6.02. The number of nitrogens with one attached hydrogen (secondary N) is 1. The van der Waals surface area contributed by atoms with Crippen LogP contribution < -0.4 is 14.8 Å². The van der Waals surface area contributed by atoms with Crippen LogP contribution in [0.2, 0.25) is 0 Å². The molecule has 2 rings (SSSR count). The molecule has 0 radical (unpaired) electrons. The first kappa shape index (κ1) is 20.3. The van der Waals surface area contributed by atoms with E-state index in [4.69, 9.17) is 14.2 Å². The Morgan fingerprint density at radius 3 is 2.30 bits per heavy atom. The number of amides is 1. The van der Waals surface area contributed by atoms with Crippen LogP contribution in [0.3, 0.4) is 0 Å². The first-order chi connectivity index (χ1) is 12.9. The Kier molecular flexibility index (Phi) is 7.23. The number of carbonyl (C=O) groups excluding carboxylic acids is 2. The molecule has 0 aliphatic carbocycles. The lowest BCUT2D eigenvalue weighted by molar-refractivity contribution is -0.153. The topological polar surface area (TPSA) is 73.9 Å². The van der Waals surface area contributed by atoms with Crippen LogP contribution >= 0.6 is 0 Å². The minimum atomic E-state index is -0.871. The van der Waals surface area contributed by atoms with Gasteiger partial charge in [0.1, 0.15) is 0 Å². The summed E-state index contributed by atoms with van der Waals surface area (Å²) >= 11 is 0. The summed E-state index contributed by atoms with van der Waals surface area (Å²) in [6.45, 7) is 3.52. The molecule has 27 heavy (non-hydrogen) atoms. The number of methoxy groups -OCH3 is 2. The van der Waals surface area contributed by atoms with E-state index in [1.54, 1.807) is 39.3 Å². The van der Waals surface area contributed by atoms with Gasteiger partial charge in [-0.2, -0.15) is 0 Å². The number of rotatable bonds is 8. The molecule has 0 fully saturated rings. The maximum Gasteiger partial charge on any atom is 0.306 e. The Bertz CT molecular complexity index is 786. The SMILES string of the molecule is COc1ccc(CCC(=O)O[C@H](C)C(=O)Nc2ccc(C)cc2)cc1OC. The van der Waals surface area contributed by atoms with Crippen molar-refractivity contribution < 1.29 is 23.8 Å². The van der Waals surface area contributed by atoms with Crippen LogP contribution in [0.25, 0.3) is 0 Å². The summed E-state index contributed by atoms with van der Waals surface area (Å²) in [7, 11) is 3.13. The van der Waals surface area contributed by atoms with Gasteiger partial charge in [-0.25, -0.2) is 0 Å². The van der Waals surface area contributed by atoms with E-state index in [-0.39, 0.29) is 12.3 Å². The number of carbonyl (C=O) groups is 2. The van der Waals surface area contributed by atoms with E-state index in [2.05, 4.69) is 5.32 Å². The van der Waals surface area contributed by atoms with Crippen molar-refractivity contribution in [2.45, 2.75) is 32.8 Å². The van der Waals surface area contributed by atoms with Crippen molar-refractivity contribution in [1.82, 2.24) is 0 Å². The lowest BCUT2D eigenvalue weighted by Crippen LogP contribution is -2.30. The third-order valence-corrected chi connectivity index (χ3v) is 4.06. The summed E-state index contributed by atoms with van der Waals surface area (Å²) in [4.78, 5) is 24.2. The largest absolute Gasteiger partial charge is 0.493 e. The van der Waals surface area contributed by atoms with E-state index in [9.17, 15) is 9.59 Å². The van der Waals surface area contributed by atoms with Crippen molar-refractivity contribution in [3.05, 3.63) is 53.6 Å². The summed E-state index contributed by atoms with van der Waals surface area (Å²) in [6.07, 6.45) is -0.229. The van der Waals surface area contributed by atoms with Crippen LogP contribution in [0, 0.1) is 6.92 Å². The van der Waals surface area contributed by atoms with Crippen LogP contribution in [0.5, 0.6) is 11.5 Å². The highest BCUT2D eigenvalue weighted by Crippen LogP contribution is 2.28. The molecule has 0 unspecified atom stereocenters. The van der Waals surface area contributed by atoms with E-state index < -0.39 is 12.1 Å². The molecule has 0 saturated heterocycles. The zero-order chi connectivity index (χ0) is 19.8. The van der Waals surface area contributed by atoms with Gasteiger partial charge in [0.25, 0.3) is 5.91 Å². The average molecular weight is 371 g/mol. The summed E-state index contributed by atoms with van der Waals surface area (Å²) in [6, 6.07) is 12.9. The fourth-order valence-electron chi connectivity index (χ4n) is 2.47. The van der Waals surface area contributed by atoms with E-state index >= 15 is 0 Å². The lowest BCUT2D eigenvalue weighted by Gasteiger charge is -2.14. The second-order valence-electron chi connectivity index (χ2n) is 6.18. The summed E-state index contributed by atoms with van der Waals surface area (Å²) in [5.41, 5.74) is 2.68. The highest BCUT2D eigenvalue weighted by atomic mass is 16.5. The standard InChI is InChI=1S/C21H25NO5/c1-14-5-9-17(10-6-14)22-21(24)15(2)27-20(23)12-8-16-7-11-18(25-3)19(13-16)26-4/h5-7,9-11,13,15H,8,12H2,1-4H3,(H,22,24)/t15-/m1/s1. The highest BCUT2D eigenvalue weighted by molar-refractivity contribution is 5.95. The molecular formula is C21H25NO5. The molecule has 144 valence electrons. The molecule has 1 N–H and O–H groups in total. The zero-order valence-electron chi connectivity index (χ0n) is 16.1. The Balaban J connectivity index is 1.84. The number of hydrogen-bond acceptors (Lipinski definition) is 5. The predicted molar refractivity (Wildman–Crippen MR) is 103 cm³/mol. The lowest BCUT2D eigenvalue weighted by atomic mass is 10.1. The number of esters is 1. The maximum absolute atomic E-state index is 12.1. The second-order valence-corrected chi connectivity index (χ2v) is 6.18. The summed E-state index contributed by atoms with van der Waals surface area (Å²) in [5, 5.41) is 2.73. The van der Waals surface area contributed by atoms with Gasteiger partial charge in [-0.05, 0) is 50.1 Å². The van der Waals surface area contributed by atoms with Gasteiger partial charge in [0, 0.05) is 12.1 Å². The number of anilines is 1. The molecule has 0 aliphatic heterocycles. The molecular weight excluding hydrogens is 346 g/mol. The fourth-order valence-corrected chi connectivity index (χ4v) is 2.47. The monoisotopic (exact) mass is 371 g/mol. The quantitative estimate of drug-likeness (QED) is 0.719. The van der Waals surface area contributed by atoms with Crippen LogP contribution in [-0.4, -0.2) is 32.2 Å². The predicted octanol–water partition coefficient (Wildman–Crippen LogP) is 3.52. The van der Waals surface area contributed by atoms with Crippen molar-refractivity contribution in [2.24, 2.45) is 0 Å². The van der Waals surface area contributed by atoms with Crippen molar-refractivity contribution in [2.75, 3.05) is 19.5 Å². The van der Waals surface area contributed by atoms with E-state index in [0.29, 0.717) is 23.6 Å². The number of benzene rings is 2. The Morgan fingerprint density at radius 1 is 1.00 bits per heavy atom. The second kappa shape index (κ2) is 9.62. The van der Waals surface area contributed by atoms with Gasteiger partial charge in [-0.3, -0.25) is 9.59 Å². The van der Waals surface area contributed by atoms with Gasteiger partial charge in [0.2, 0.25) is 0 Å². The van der Waals surface area contributed by atoms with Gasteiger partial charge < -0.3 is 19.5 Å². The molecule has 0 heterocycles. The van der Waals surface area contributed by atoms with Crippen molar-refractivity contribution in [1.29, 1.82) is 0 Å². The molecule has 6 heteroatoms. The molecule has 0 spiro atoms. The molecule has 6 nitrogen and oxygen atoms in total. The van der Waals surface area contributed by atoms with Crippen LogP contribution in [0.15, 0.2) is 42.5 Å². The van der Waals surface area contributed by atoms with Crippen molar-refractivity contribution in [3.63, 3.8) is 0 Å².